The lowest BCUT2D eigenvalue weighted by atomic mass is 10.2. The highest BCUT2D eigenvalue weighted by Crippen LogP contribution is 2.26. The van der Waals surface area contributed by atoms with Gasteiger partial charge in [0.2, 0.25) is 11.8 Å². The lowest BCUT2D eigenvalue weighted by Gasteiger charge is -2.17. The van der Waals surface area contributed by atoms with Gasteiger partial charge in [-0.05, 0) is 31.4 Å². The van der Waals surface area contributed by atoms with Crippen molar-refractivity contribution < 1.29 is 23.1 Å². The van der Waals surface area contributed by atoms with Gasteiger partial charge < -0.3 is 15.4 Å². The SMILES string of the molecule is CN1C(=O)CN(c2ccc(N[C@H]3CC[C@H](Nc4cnc(OC(F)F)cn4)C3)nc2)C1=O. The van der Waals surface area contributed by atoms with E-state index in [9.17, 15) is 18.4 Å². The standard InChI is InChI=1S/C19H21F2N7O3/c1-27-17(29)10-28(19(27)30)13-4-5-14(22-7-13)25-11-2-3-12(6-11)26-15-8-24-16(9-23-15)31-18(20)21/h4-5,7-9,11-12,18H,2-3,6,10H2,1H3,(H,22,25)(H,23,26)/t11-,12-/m0/s1. The van der Waals surface area contributed by atoms with Gasteiger partial charge in [-0.3, -0.25) is 14.6 Å². The minimum Gasteiger partial charge on any atom is -0.415 e. The first-order chi connectivity index (χ1) is 14.9. The molecule has 0 aromatic carbocycles. The van der Waals surface area contributed by atoms with Crippen molar-refractivity contribution in [2.24, 2.45) is 0 Å². The molecule has 1 saturated carbocycles. The number of anilines is 3. The molecular formula is C19H21F2N7O3. The van der Waals surface area contributed by atoms with E-state index in [2.05, 4.69) is 30.3 Å². The number of aromatic nitrogens is 3. The maximum absolute atomic E-state index is 12.2. The topological polar surface area (TPSA) is 113 Å². The predicted molar refractivity (Wildman–Crippen MR) is 107 cm³/mol. The molecule has 3 heterocycles. The summed E-state index contributed by atoms with van der Waals surface area (Å²) < 4.78 is 28.5. The number of hydrogen-bond acceptors (Lipinski definition) is 8. The molecule has 3 amide bonds. The Hall–Kier alpha value is -3.57. The fraction of sp³-hybridized carbons (Fsp3) is 0.421. The molecule has 2 N–H and O–H groups in total. The van der Waals surface area contributed by atoms with Crippen LogP contribution >= 0.6 is 0 Å². The summed E-state index contributed by atoms with van der Waals surface area (Å²) in [4.78, 5) is 38.4. The fourth-order valence-corrected chi connectivity index (χ4v) is 3.63. The average molecular weight is 433 g/mol. The number of halogens is 2. The Bertz CT molecular complexity index is 943. The maximum Gasteiger partial charge on any atom is 0.388 e. The van der Waals surface area contributed by atoms with E-state index < -0.39 is 6.61 Å². The van der Waals surface area contributed by atoms with Gasteiger partial charge in [-0.25, -0.2) is 19.7 Å². The summed E-state index contributed by atoms with van der Waals surface area (Å²) in [6.45, 7) is -2.92. The van der Waals surface area contributed by atoms with Crippen molar-refractivity contribution in [1.29, 1.82) is 0 Å². The number of carbonyl (C=O) groups is 2. The number of carbonyl (C=O) groups excluding carboxylic acids is 2. The third-order valence-corrected chi connectivity index (χ3v) is 5.22. The van der Waals surface area contributed by atoms with Crippen molar-refractivity contribution in [2.75, 3.05) is 29.1 Å². The van der Waals surface area contributed by atoms with Crippen LogP contribution in [0.5, 0.6) is 5.88 Å². The molecule has 1 saturated heterocycles. The summed E-state index contributed by atoms with van der Waals surface area (Å²) in [5, 5.41) is 6.60. The highest BCUT2D eigenvalue weighted by atomic mass is 19.3. The van der Waals surface area contributed by atoms with Gasteiger partial charge in [-0.1, -0.05) is 0 Å². The number of imide groups is 1. The zero-order valence-corrected chi connectivity index (χ0v) is 16.7. The molecule has 0 bridgehead atoms. The van der Waals surface area contributed by atoms with Gasteiger partial charge in [0.1, 0.15) is 18.2 Å². The molecule has 2 aliphatic rings. The van der Waals surface area contributed by atoms with Crippen LogP contribution < -0.4 is 20.3 Å². The summed E-state index contributed by atoms with van der Waals surface area (Å²) in [6.07, 6.45) is 6.69. The quantitative estimate of drug-likeness (QED) is 0.640. The number of alkyl halides is 2. The summed E-state index contributed by atoms with van der Waals surface area (Å²) in [5.74, 6) is 0.684. The van der Waals surface area contributed by atoms with Crippen LogP contribution in [-0.2, 0) is 4.79 Å². The number of rotatable bonds is 7. The average Bonchev–Trinajstić information content (AvgIpc) is 3.29. The van der Waals surface area contributed by atoms with Crippen molar-refractivity contribution in [1.82, 2.24) is 19.9 Å². The van der Waals surface area contributed by atoms with Gasteiger partial charge in [0.25, 0.3) is 0 Å². The molecule has 31 heavy (non-hydrogen) atoms. The molecule has 2 fully saturated rings. The predicted octanol–water partition coefficient (Wildman–Crippen LogP) is 2.32. The fourth-order valence-electron chi connectivity index (χ4n) is 3.63. The Morgan fingerprint density at radius 3 is 2.29 bits per heavy atom. The van der Waals surface area contributed by atoms with Crippen molar-refractivity contribution in [3.8, 4) is 5.88 Å². The Morgan fingerprint density at radius 1 is 1.03 bits per heavy atom. The Kier molecular flexibility index (Phi) is 5.78. The lowest BCUT2D eigenvalue weighted by Crippen LogP contribution is -2.29. The molecule has 164 valence electrons. The number of ether oxygens (including phenoxy) is 1. The molecule has 2 aromatic rings. The van der Waals surface area contributed by atoms with E-state index in [1.807, 2.05) is 0 Å². The summed E-state index contributed by atoms with van der Waals surface area (Å²) in [7, 11) is 1.45. The molecule has 0 unspecified atom stereocenters. The highest BCUT2D eigenvalue weighted by molar-refractivity contribution is 6.11. The van der Waals surface area contributed by atoms with Crippen LogP contribution in [0, 0.1) is 0 Å². The number of amides is 3. The van der Waals surface area contributed by atoms with Crippen molar-refractivity contribution in [3.63, 3.8) is 0 Å². The third-order valence-electron chi connectivity index (χ3n) is 5.22. The van der Waals surface area contributed by atoms with Crippen LogP contribution in [0.2, 0.25) is 0 Å². The Labute approximate surface area is 176 Å². The Morgan fingerprint density at radius 2 is 1.74 bits per heavy atom. The van der Waals surface area contributed by atoms with E-state index in [-0.39, 0.29) is 36.4 Å². The number of hydrogen-bond donors (Lipinski definition) is 2. The van der Waals surface area contributed by atoms with E-state index in [4.69, 9.17) is 0 Å². The second kappa shape index (κ2) is 8.66. The molecule has 0 spiro atoms. The third kappa shape index (κ3) is 4.78. The number of likely N-dealkylation sites (N-methyl/N-ethyl adjacent to an activating group) is 1. The van der Waals surface area contributed by atoms with Gasteiger partial charge in [0, 0.05) is 19.1 Å². The van der Waals surface area contributed by atoms with Gasteiger partial charge in [0.15, 0.2) is 0 Å². The van der Waals surface area contributed by atoms with Crippen LogP contribution in [0.4, 0.5) is 30.9 Å². The van der Waals surface area contributed by atoms with Crippen LogP contribution in [-0.4, -0.2) is 64.1 Å². The molecule has 1 aliphatic heterocycles. The molecule has 2 aromatic heterocycles. The van der Waals surface area contributed by atoms with Crippen LogP contribution in [0.3, 0.4) is 0 Å². The smallest absolute Gasteiger partial charge is 0.388 e. The first-order valence-corrected chi connectivity index (χ1v) is 9.73. The summed E-state index contributed by atoms with van der Waals surface area (Å²) >= 11 is 0. The van der Waals surface area contributed by atoms with Crippen LogP contribution in [0.1, 0.15) is 19.3 Å². The van der Waals surface area contributed by atoms with E-state index in [0.29, 0.717) is 17.3 Å². The number of urea groups is 1. The van der Waals surface area contributed by atoms with Crippen molar-refractivity contribution >= 4 is 29.3 Å². The van der Waals surface area contributed by atoms with Crippen LogP contribution in [0.15, 0.2) is 30.7 Å². The van der Waals surface area contributed by atoms with Gasteiger partial charge >= 0.3 is 12.6 Å². The molecule has 0 radical (unpaired) electrons. The molecule has 10 nitrogen and oxygen atoms in total. The van der Waals surface area contributed by atoms with Gasteiger partial charge in [0.05, 0.1) is 24.3 Å². The second-order valence-corrected chi connectivity index (χ2v) is 7.34. The zero-order chi connectivity index (χ0) is 22.0. The molecule has 1 aliphatic carbocycles. The largest absolute Gasteiger partial charge is 0.415 e. The van der Waals surface area contributed by atoms with Crippen molar-refractivity contribution in [3.05, 3.63) is 30.7 Å². The van der Waals surface area contributed by atoms with Gasteiger partial charge in [-0.15, -0.1) is 0 Å². The van der Waals surface area contributed by atoms with E-state index >= 15 is 0 Å². The van der Waals surface area contributed by atoms with E-state index in [1.54, 1.807) is 18.3 Å². The minimum atomic E-state index is -2.93. The maximum atomic E-state index is 12.2. The van der Waals surface area contributed by atoms with Crippen molar-refractivity contribution in [2.45, 2.75) is 38.0 Å². The molecular weight excluding hydrogens is 412 g/mol. The first kappa shape index (κ1) is 20.7. The summed E-state index contributed by atoms with van der Waals surface area (Å²) in [6, 6.07) is 3.50. The minimum absolute atomic E-state index is 0.0118. The molecule has 4 rings (SSSR count). The number of pyridine rings is 1. The molecule has 2 atom stereocenters. The number of nitrogens with zero attached hydrogens (tertiary/aromatic N) is 5. The number of nitrogens with one attached hydrogen (secondary N) is 2. The molecule has 12 heteroatoms. The van der Waals surface area contributed by atoms with E-state index in [0.717, 1.165) is 30.4 Å². The lowest BCUT2D eigenvalue weighted by molar-refractivity contribution is -0.123. The first-order valence-electron chi connectivity index (χ1n) is 9.73. The normalized spacial score (nSPS) is 21.2. The highest BCUT2D eigenvalue weighted by Gasteiger charge is 2.34. The monoisotopic (exact) mass is 433 g/mol. The van der Waals surface area contributed by atoms with Gasteiger partial charge in [-0.2, -0.15) is 8.78 Å². The van der Waals surface area contributed by atoms with Crippen LogP contribution in [0.25, 0.3) is 0 Å². The van der Waals surface area contributed by atoms with E-state index in [1.165, 1.54) is 18.1 Å². The zero-order valence-electron chi connectivity index (χ0n) is 16.7. The Balaban J connectivity index is 1.28. The summed E-state index contributed by atoms with van der Waals surface area (Å²) in [5.41, 5.74) is 0.567. The second-order valence-electron chi connectivity index (χ2n) is 7.34.